The van der Waals surface area contributed by atoms with Gasteiger partial charge in [0.1, 0.15) is 18.2 Å². The lowest BCUT2D eigenvalue weighted by atomic mass is 9.94. The molecule has 0 N–H and O–H groups in total. The molecule has 0 spiro atoms. The second-order valence-corrected chi connectivity index (χ2v) is 6.13. The molecule has 0 radical (unpaired) electrons. The second-order valence-electron chi connectivity index (χ2n) is 6.13. The smallest absolute Gasteiger partial charge is 0.230 e. The molecule has 6 nitrogen and oxygen atoms in total. The average Bonchev–Trinajstić information content (AvgIpc) is 2.68. The number of benzene rings is 1. The molecule has 1 saturated heterocycles. The average molecular weight is 324 g/mol. The first-order valence-electron chi connectivity index (χ1n) is 8.37. The van der Waals surface area contributed by atoms with Crippen LogP contribution in [0.3, 0.4) is 0 Å². The molecule has 0 aliphatic carbocycles. The first-order valence-corrected chi connectivity index (χ1v) is 8.37. The largest absolute Gasteiger partial charge is 0.490 e. The lowest BCUT2D eigenvalue weighted by Crippen LogP contribution is -2.45. The number of carbonyl (C=O) groups excluding carboxylic acids is 1. The zero-order valence-corrected chi connectivity index (χ0v) is 13.5. The van der Waals surface area contributed by atoms with Gasteiger partial charge in [0.15, 0.2) is 0 Å². The van der Waals surface area contributed by atoms with E-state index in [1.165, 1.54) is 0 Å². The maximum absolute atomic E-state index is 13.0. The van der Waals surface area contributed by atoms with Crippen LogP contribution >= 0.6 is 0 Å². The van der Waals surface area contributed by atoms with Crippen molar-refractivity contribution in [1.82, 2.24) is 9.97 Å². The number of carbonyl (C=O) groups is 1. The summed E-state index contributed by atoms with van der Waals surface area (Å²) in [6.45, 7) is 2.85. The fourth-order valence-electron chi connectivity index (χ4n) is 3.43. The molecule has 2 aromatic rings. The number of fused-ring (bicyclic) bond motifs is 1. The summed E-state index contributed by atoms with van der Waals surface area (Å²) >= 11 is 0. The van der Waals surface area contributed by atoms with Crippen LogP contribution in [0, 0.1) is 5.92 Å². The number of para-hydroxylation sites is 2. The molecule has 0 saturated carbocycles. The monoisotopic (exact) mass is 324 g/mol. The zero-order chi connectivity index (χ0) is 16.4. The predicted molar refractivity (Wildman–Crippen MR) is 91.3 cm³/mol. The molecule has 6 heteroatoms. The minimum atomic E-state index is 0.0593. The first kappa shape index (κ1) is 14.9. The van der Waals surface area contributed by atoms with Crippen LogP contribution < -0.4 is 14.5 Å². The minimum Gasteiger partial charge on any atom is -0.490 e. The summed E-state index contributed by atoms with van der Waals surface area (Å²) in [5.41, 5.74) is 0.894. The molecule has 3 heterocycles. The van der Waals surface area contributed by atoms with Crippen molar-refractivity contribution < 1.29 is 9.53 Å². The van der Waals surface area contributed by atoms with Crippen LogP contribution in [0.2, 0.25) is 0 Å². The van der Waals surface area contributed by atoms with Crippen molar-refractivity contribution in [3.05, 3.63) is 42.9 Å². The SMILES string of the molecule is O=C(C1CCN(c2cnccn2)CC1)N1CCOc2ccccc21. The van der Waals surface area contributed by atoms with E-state index < -0.39 is 0 Å². The fourth-order valence-corrected chi connectivity index (χ4v) is 3.43. The van der Waals surface area contributed by atoms with Crippen LogP contribution in [0.15, 0.2) is 42.9 Å². The van der Waals surface area contributed by atoms with Gasteiger partial charge in [0, 0.05) is 31.4 Å². The Morgan fingerprint density at radius 3 is 2.75 bits per heavy atom. The molecule has 1 aromatic carbocycles. The van der Waals surface area contributed by atoms with E-state index >= 15 is 0 Å². The maximum atomic E-state index is 13.0. The molecule has 0 bridgehead atoms. The summed E-state index contributed by atoms with van der Waals surface area (Å²) in [6.07, 6.45) is 6.84. The van der Waals surface area contributed by atoms with Gasteiger partial charge in [-0.15, -0.1) is 0 Å². The van der Waals surface area contributed by atoms with Gasteiger partial charge in [0.2, 0.25) is 5.91 Å². The van der Waals surface area contributed by atoms with Gasteiger partial charge >= 0.3 is 0 Å². The third kappa shape index (κ3) is 2.79. The van der Waals surface area contributed by atoms with E-state index in [0.717, 1.165) is 43.2 Å². The topological polar surface area (TPSA) is 58.6 Å². The van der Waals surface area contributed by atoms with E-state index in [2.05, 4.69) is 14.9 Å². The van der Waals surface area contributed by atoms with Gasteiger partial charge in [0.25, 0.3) is 0 Å². The van der Waals surface area contributed by atoms with Gasteiger partial charge in [0.05, 0.1) is 18.4 Å². The van der Waals surface area contributed by atoms with Crippen molar-refractivity contribution in [2.45, 2.75) is 12.8 Å². The van der Waals surface area contributed by atoms with Crippen LogP contribution in [0.1, 0.15) is 12.8 Å². The van der Waals surface area contributed by atoms with Crippen LogP contribution in [0.25, 0.3) is 0 Å². The first-order chi connectivity index (χ1) is 11.8. The highest BCUT2D eigenvalue weighted by molar-refractivity contribution is 5.97. The number of hydrogen-bond acceptors (Lipinski definition) is 5. The van der Waals surface area contributed by atoms with Gasteiger partial charge in [-0.1, -0.05) is 12.1 Å². The second kappa shape index (κ2) is 6.47. The third-order valence-electron chi connectivity index (χ3n) is 4.71. The lowest BCUT2D eigenvalue weighted by molar-refractivity contribution is -0.123. The Hall–Kier alpha value is -2.63. The van der Waals surface area contributed by atoms with Crippen LogP contribution in [-0.2, 0) is 4.79 Å². The van der Waals surface area contributed by atoms with E-state index in [0.29, 0.717) is 13.2 Å². The van der Waals surface area contributed by atoms with Crippen LogP contribution in [0.5, 0.6) is 5.75 Å². The highest BCUT2D eigenvalue weighted by Crippen LogP contribution is 2.33. The summed E-state index contributed by atoms with van der Waals surface area (Å²) in [6, 6.07) is 7.77. The van der Waals surface area contributed by atoms with Crippen molar-refractivity contribution in [3.63, 3.8) is 0 Å². The molecule has 1 fully saturated rings. The Morgan fingerprint density at radius 2 is 1.96 bits per heavy atom. The highest BCUT2D eigenvalue weighted by atomic mass is 16.5. The number of piperidine rings is 1. The normalized spacial score (nSPS) is 18.0. The van der Waals surface area contributed by atoms with E-state index in [4.69, 9.17) is 4.74 Å². The summed E-state index contributed by atoms with van der Waals surface area (Å²) in [5, 5.41) is 0. The fraction of sp³-hybridized carbons (Fsp3) is 0.389. The molecule has 1 amide bonds. The number of rotatable bonds is 2. The number of nitrogens with zero attached hydrogens (tertiary/aromatic N) is 4. The Morgan fingerprint density at radius 1 is 1.12 bits per heavy atom. The number of aromatic nitrogens is 2. The van der Waals surface area contributed by atoms with Crippen molar-refractivity contribution in [2.24, 2.45) is 5.92 Å². The predicted octanol–water partition coefficient (Wildman–Crippen LogP) is 2.12. The Bertz CT molecular complexity index is 714. The molecule has 124 valence electrons. The highest BCUT2D eigenvalue weighted by Gasteiger charge is 2.32. The van der Waals surface area contributed by atoms with Gasteiger partial charge in [-0.05, 0) is 25.0 Å². The molecule has 24 heavy (non-hydrogen) atoms. The van der Waals surface area contributed by atoms with Crippen molar-refractivity contribution >= 4 is 17.4 Å². The third-order valence-corrected chi connectivity index (χ3v) is 4.71. The molecule has 0 atom stereocenters. The van der Waals surface area contributed by atoms with Gasteiger partial charge in [-0.2, -0.15) is 0 Å². The summed E-state index contributed by atoms with van der Waals surface area (Å²) < 4.78 is 5.65. The van der Waals surface area contributed by atoms with Gasteiger partial charge in [-0.3, -0.25) is 9.78 Å². The molecule has 2 aliphatic rings. The minimum absolute atomic E-state index is 0.0593. The molecular formula is C18H20N4O2. The lowest BCUT2D eigenvalue weighted by Gasteiger charge is -2.36. The molecule has 4 rings (SSSR count). The van der Waals surface area contributed by atoms with Gasteiger partial charge in [-0.25, -0.2) is 4.98 Å². The molecule has 0 unspecified atom stereocenters. The summed E-state index contributed by atoms with van der Waals surface area (Å²) in [5.74, 6) is 1.96. The van der Waals surface area contributed by atoms with Crippen LogP contribution in [-0.4, -0.2) is 42.1 Å². The van der Waals surface area contributed by atoms with Gasteiger partial charge < -0.3 is 14.5 Å². The Kier molecular flexibility index (Phi) is 4.02. The number of anilines is 2. The van der Waals surface area contributed by atoms with Crippen molar-refractivity contribution in [1.29, 1.82) is 0 Å². The quantitative estimate of drug-likeness (QED) is 0.847. The zero-order valence-electron chi connectivity index (χ0n) is 13.5. The summed E-state index contributed by atoms with van der Waals surface area (Å²) in [4.78, 5) is 25.5. The molecule has 2 aliphatic heterocycles. The van der Waals surface area contributed by atoms with Crippen molar-refractivity contribution in [2.75, 3.05) is 36.0 Å². The Labute approximate surface area is 141 Å². The van der Waals surface area contributed by atoms with E-state index in [-0.39, 0.29) is 11.8 Å². The Balaban J connectivity index is 1.44. The standard InChI is InChI=1S/C18H20N4O2/c23-18(22-11-12-24-16-4-2-1-3-15(16)22)14-5-9-21(10-6-14)17-13-19-7-8-20-17/h1-4,7-8,13-14H,5-6,9-12H2. The van der Waals surface area contributed by atoms with Crippen LogP contribution in [0.4, 0.5) is 11.5 Å². The summed E-state index contributed by atoms with van der Waals surface area (Å²) in [7, 11) is 0. The molecule has 1 aromatic heterocycles. The van der Waals surface area contributed by atoms with E-state index in [1.807, 2.05) is 29.2 Å². The van der Waals surface area contributed by atoms with E-state index in [9.17, 15) is 4.79 Å². The van der Waals surface area contributed by atoms with E-state index in [1.54, 1.807) is 18.6 Å². The van der Waals surface area contributed by atoms with Crippen molar-refractivity contribution in [3.8, 4) is 5.75 Å². The number of hydrogen-bond donors (Lipinski definition) is 0. The molecular weight excluding hydrogens is 304 g/mol. The maximum Gasteiger partial charge on any atom is 0.230 e. The number of ether oxygens (including phenoxy) is 1. The number of amides is 1.